The lowest BCUT2D eigenvalue weighted by Gasteiger charge is -2.25. The molecule has 0 saturated heterocycles. The Morgan fingerprint density at radius 2 is 1.95 bits per heavy atom. The first-order valence-electron chi connectivity index (χ1n) is 6.45. The van der Waals surface area contributed by atoms with E-state index >= 15 is 0 Å². The minimum atomic E-state index is -0.866. The summed E-state index contributed by atoms with van der Waals surface area (Å²) in [5, 5.41) is 8.76. The van der Waals surface area contributed by atoms with Crippen molar-refractivity contribution in [3.63, 3.8) is 0 Å². The van der Waals surface area contributed by atoms with Crippen molar-refractivity contribution in [2.75, 3.05) is 6.54 Å². The van der Waals surface area contributed by atoms with Crippen molar-refractivity contribution in [3.05, 3.63) is 83.7 Å². The highest BCUT2D eigenvalue weighted by Crippen LogP contribution is 2.19. The average Bonchev–Trinajstić information content (AvgIpc) is 2.48. The number of fused-ring (bicyclic) bond motifs is 1. The van der Waals surface area contributed by atoms with Gasteiger partial charge in [0.15, 0.2) is 0 Å². The maximum atomic E-state index is 10.7. The molecule has 0 aromatic heterocycles. The molecule has 2 aliphatic heterocycles. The number of nitrogens with zero attached hydrogens (tertiary/aromatic N) is 1. The number of hydrogen-bond donors (Lipinski definition) is 1. The number of hydrogen-bond acceptors (Lipinski definition) is 2. The second kappa shape index (κ2) is 6.57. The highest BCUT2D eigenvalue weighted by atomic mass is 16.4. The number of carbonyl (C=O) groups is 1. The van der Waals surface area contributed by atoms with E-state index in [0.29, 0.717) is 12.1 Å². The summed E-state index contributed by atoms with van der Waals surface area (Å²) in [7, 11) is 0. The van der Waals surface area contributed by atoms with Gasteiger partial charge in [-0.15, -0.1) is 0 Å². The van der Waals surface area contributed by atoms with Crippen LogP contribution in [0.25, 0.3) is 0 Å². The molecule has 3 nitrogen and oxygen atoms in total. The molecule has 1 aromatic rings. The van der Waals surface area contributed by atoms with Crippen LogP contribution in [-0.2, 0) is 4.79 Å². The van der Waals surface area contributed by atoms with Gasteiger partial charge in [0, 0.05) is 18.4 Å². The number of benzene rings is 1. The highest BCUT2D eigenvalue weighted by Gasteiger charge is 2.14. The van der Waals surface area contributed by atoms with Gasteiger partial charge in [-0.25, -0.2) is 4.79 Å². The molecule has 0 atom stereocenters. The predicted octanol–water partition coefficient (Wildman–Crippen LogP) is 3.28. The fourth-order valence-electron chi connectivity index (χ4n) is 1.89. The van der Waals surface area contributed by atoms with Crippen LogP contribution in [0.1, 0.15) is 5.56 Å². The molecule has 3 heteroatoms. The van der Waals surface area contributed by atoms with Crippen molar-refractivity contribution in [1.29, 1.82) is 0 Å². The third-order valence-electron chi connectivity index (χ3n) is 2.97. The molecule has 0 unspecified atom stereocenters. The molecule has 20 heavy (non-hydrogen) atoms. The largest absolute Gasteiger partial charge is 0.478 e. The Bertz CT molecular complexity index is 595. The summed E-state index contributed by atoms with van der Waals surface area (Å²) in [6, 6.07) is 10.3. The zero-order valence-electron chi connectivity index (χ0n) is 11.4. The third kappa shape index (κ3) is 3.72. The molecule has 0 radical (unpaired) electrons. The van der Waals surface area contributed by atoms with E-state index in [1.807, 2.05) is 47.5 Å². The van der Waals surface area contributed by atoms with Crippen LogP contribution in [-0.4, -0.2) is 22.5 Å². The summed E-state index contributed by atoms with van der Waals surface area (Å²) in [4.78, 5) is 12.6. The van der Waals surface area contributed by atoms with Crippen molar-refractivity contribution in [3.8, 4) is 0 Å². The SMILES string of the molecule is Cc1ccccc1.O=C(O)C1=CCN2C=CC=CC2=C1. The number of carboxylic acid groups (broad SMARTS) is 1. The van der Waals surface area contributed by atoms with E-state index in [1.165, 1.54) is 5.56 Å². The van der Waals surface area contributed by atoms with Gasteiger partial charge in [-0.1, -0.05) is 48.0 Å². The predicted molar refractivity (Wildman–Crippen MR) is 80.0 cm³/mol. The number of rotatable bonds is 1. The van der Waals surface area contributed by atoms with Crippen molar-refractivity contribution < 1.29 is 9.90 Å². The normalized spacial score (nSPS) is 15.6. The number of aryl methyl sites for hydroxylation is 1. The molecule has 2 heterocycles. The fourth-order valence-corrected chi connectivity index (χ4v) is 1.89. The number of carboxylic acids is 1. The van der Waals surface area contributed by atoms with E-state index < -0.39 is 5.97 Å². The van der Waals surface area contributed by atoms with Gasteiger partial charge in [0.1, 0.15) is 0 Å². The van der Waals surface area contributed by atoms with Crippen LogP contribution in [0.4, 0.5) is 0 Å². The summed E-state index contributed by atoms with van der Waals surface area (Å²) in [6.45, 7) is 2.72. The molecular weight excluding hydrogens is 250 g/mol. The van der Waals surface area contributed by atoms with E-state index in [0.717, 1.165) is 5.70 Å². The molecule has 0 spiro atoms. The highest BCUT2D eigenvalue weighted by molar-refractivity contribution is 5.90. The molecule has 1 aromatic carbocycles. The molecule has 1 N–H and O–H groups in total. The maximum Gasteiger partial charge on any atom is 0.335 e. The third-order valence-corrected chi connectivity index (χ3v) is 2.97. The van der Waals surface area contributed by atoms with E-state index in [1.54, 1.807) is 12.2 Å². The molecule has 0 aliphatic carbocycles. The number of aliphatic carboxylic acids is 1. The first-order valence-corrected chi connectivity index (χ1v) is 6.45. The van der Waals surface area contributed by atoms with E-state index in [2.05, 4.69) is 19.1 Å². The molecule has 0 bridgehead atoms. The van der Waals surface area contributed by atoms with Gasteiger partial charge in [0.2, 0.25) is 0 Å². The zero-order valence-corrected chi connectivity index (χ0v) is 11.4. The van der Waals surface area contributed by atoms with Crippen LogP contribution in [0.15, 0.2) is 78.2 Å². The smallest absolute Gasteiger partial charge is 0.335 e. The lowest BCUT2D eigenvalue weighted by Crippen LogP contribution is -2.22. The van der Waals surface area contributed by atoms with Crippen LogP contribution in [0, 0.1) is 6.92 Å². The van der Waals surface area contributed by atoms with Gasteiger partial charge in [0.25, 0.3) is 0 Å². The second-order valence-electron chi connectivity index (χ2n) is 4.54. The molecule has 2 aliphatic rings. The van der Waals surface area contributed by atoms with E-state index in [-0.39, 0.29) is 0 Å². The first-order chi connectivity index (χ1) is 9.66. The monoisotopic (exact) mass is 267 g/mol. The molecule has 0 saturated carbocycles. The Kier molecular flexibility index (Phi) is 4.56. The summed E-state index contributed by atoms with van der Waals surface area (Å²) < 4.78 is 0. The fraction of sp³-hybridized carbons (Fsp3) is 0.118. The number of allylic oxidation sites excluding steroid dienone is 3. The van der Waals surface area contributed by atoms with Crippen molar-refractivity contribution in [2.24, 2.45) is 0 Å². The Morgan fingerprint density at radius 3 is 2.55 bits per heavy atom. The second-order valence-corrected chi connectivity index (χ2v) is 4.54. The van der Waals surface area contributed by atoms with Gasteiger partial charge >= 0.3 is 5.97 Å². The van der Waals surface area contributed by atoms with Crippen molar-refractivity contribution in [2.45, 2.75) is 6.92 Å². The summed E-state index contributed by atoms with van der Waals surface area (Å²) in [5.74, 6) is -0.866. The summed E-state index contributed by atoms with van der Waals surface area (Å²) in [6.07, 6.45) is 11.0. The van der Waals surface area contributed by atoms with Gasteiger partial charge in [-0.05, 0) is 25.2 Å². The van der Waals surface area contributed by atoms with Crippen LogP contribution >= 0.6 is 0 Å². The van der Waals surface area contributed by atoms with Crippen LogP contribution < -0.4 is 0 Å². The Hall–Kier alpha value is -2.55. The minimum Gasteiger partial charge on any atom is -0.478 e. The Balaban J connectivity index is 0.000000178. The Morgan fingerprint density at radius 1 is 1.20 bits per heavy atom. The van der Waals surface area contributed by atoms with Gasteiger partial charge in [-0.3, -0.25) is 0 Å². The van der Waals surface area contributed by atoms with Crippen molar-refractivity contribution >= 4 is 5.97 Å². The molecule has 3 rings (SSSR count). The minimum absolute atomic E-state index is 0.367. The van der Waals surface area contributed by atoms with Gasteiger partial charge < -0.3 is 10.0 Å². The van der Waals surface area contributed by atoms with E-state index in [9.17, 15) is 4.79 Å². The lowest BCUT2D eigenvalue weighted by atomic mass is 10.1. The Labute approximate surface area is 118 Å². The molecular formula is C17H17NO2. The molecule has 102 valence electrons. The topological polar surface area (TPSA) is 40.5 Å². The quantitative estimate of drug-likeness (QED) is 0.849. The van der Waals surface area contributed by atoms with Gasteiger partial charge in [-0.2, -0.15) is 0 Å². The first kappa shape index (κ1) is 13.9. The maximum absolute atomic E-state index is 10.7. The average molecular weight is 267 g/mol. The van der Waals surface area contributed by atoms with Crippen LogP contribution in [0.2, 0.25) is 0 Å². The summed E-state index contributed by atoms with van der Waals surface area (Å²) in [5.41, 5.74) is 2.62. The zero-order chi connectivity index (χ0) is 14.4. The lowest BCUT2D eigenvalue weighted by molar-refractivity contribution is -0.132. The molecule has 0 amide bonds. The van der Waals surface area contributed by atoms with Crippen LogP contribution in [0.3, 0.4) is 0 Å². The van der Waals surface area contributed by atoms with Crippen LogP contribution in [0.5, 0.6) is 0 Å². The molecule has 0 fully saturated rings. The van der Waals surface area contributed by atoms with E-state index in [4.69, 9.17) is 5.11 Å². The standard InChI is InChI=1S/C10H9NO2.C7H8/c12-10(13)8-4-6-11-5-2-1-3-9(11)7-8;1-7-5-3-2-4-6-7/h1-5,7H,6H2,(H,12,13);2-6H,1H3. The van der Waals surface area contributed by atoms with Gasteiger partial charge in [0.05, 0.1) is 5.57 Å². The summed E-state index contributed by atoms with van der Waals surface area (Å²) >= 11 is 0. The van der Waals surface area contributed by atoms with Crippen molar-refractivity contribution in [1.82, 2.24) is 4.90 Å².